The fourth-order valence-corrected chi connectivity index (χ4v) is 3.24. The third kappa shape index (κ3) is 3.94. The lowest BCUT2D eigenvalue weighted by atomic mass is 9.96. The van der Waals surface area contributed by atoms with E-state index in [2.05, 4.69) is 5.10 Å². The Kier molecular flexibility index (Phi) is 4.92. The standard InChI is InChI=1S/C19H23F2N3O3/c1-11-5-8-15(17(25)27-19(2,3)4)24-16(11)22-23(18(24)26)10-12-6-7-13(20)9-14(12)21/h6-7,9,11,15H,5,8,10H2,1-4H3/t11-,15-/m1/s1. The molecule has 1 aromatic carbocycles. The summed E-state index contributed by atoms with van der Waals surface area (Å²) < 4.78 is 35.0. The molecule has 27 heavy (non-hydrogen) atoms. The molecule has 2 aromatic rings. The fraction of sp³-hybridized carbons (Fsp3) is 0.526. The number of hydrogen-bond acceptors (Lipinski definition) is 4. The predicted octanol–water partition coefficient (Wildman–Crippen LogP) is 3.15. The Morgan fingerprint density at radius 2 is 2.00 bits per heavy atom. The van der Waals surface area contributed by atoms with Gasteiger partial charge in [0.1, 0.15) is 29.1 Å². The van der Waals surface area contributed by atoms with Gasteiger partial charge in [-0.05, 0) is 39.7 Å². The van der Waals surface area contributed by atoms with Gasteiger partial charge in [-0.1, -0.05) is 13.0 Å². The maximum atomic E-state index is 14.0. The van der Waals surface area contributed by atoms with E-state index in [-0.39, 0.29) is 18.0 Å². The van der Waals surface area contributed by atoms with Crippen LogP contribution in [0.4, 0.5) is 8.78 Å². The van der Waals surface area contributed by atoms with Crippen LogP contribution in [-0.4, -0.2) is 25.9 Å². The van der Waals surface area contributed by atoms with E-state index >= 15 is 0 Å². The van der Waals surface area contributed by atoms with Crippen LogP contribution in [0.1, 0.15) is 63.9 Å². The minimum atomic E-state index is -0.755. The molecule has 2 heterocycles. The van der Waals surface area contributed by atoms with Crippen LogP contribution in [-0.2, 0) is 16.1 Å². The summed E-state index contributed by atoms with van der Waals surface area (Å²) in [6, 6.07) is 2.42. The van der Waals surface area contributed by atoms with Gasteiger partial charge in [-0.15, -0.1) is 0 Å². The summed E-state index contributed by atoms with van der Waals surface area (Å²) in [5.41, 5.74) is -1.02. The number of aromatic nitrogens is 3. The van der Waals surface area contributed by atoms with E-state index in [1.165, 1.54) is 10.6 Å². The molecular formula is C19H23F2N3O3. The first kappa shape index (κ1) is 19.3. The number of carbonyl (C=O) groups is 1. The van der Waals surface area contributed by atoms with Crippen LogP contribution in [0, 0.1) is 11.6 Å². The average Bonchev–Trinajstić information content (AvgIpc) is 2.87. The van der Waals surface area contributed by atoms with Crippen molar-refractivity contribution in [3.05, 3.63) is 51.7 Å². The van der Waals surface area contributed by atoms with Gasteiger partial charge in [0, 0.05) is 17.5 Å². The molecule has 0 radical (unpaired) electrons. The third-order valence-electron chi connectivity index (χ3n) is 4.54. The number of carbonyl (C=O) groups excluding carboxylic acids is 1. The van der Waals surface area contributed by atoms with Gasteiger partial charge in [-0.2, -0.15) is 5.10 Å². The minimum absolute atomic E-state index is 0.0179. The molecular weight excluding hydrogens is 356 g/mol. The zero-order valence-corrected chi connectivity index (χ0v) is 15.8. The van der Waals surface area contributed by atoms with E-state index < -0.39 is 34.9 Å². The fourth-order valence-electron chi connectivity index (χ4n) is 3.24. The Morgan fingerprint density at radius 1 is 1.30 bits per heavy atom. The molecule has 0 bridgehead atoms. The number of ether oxygens (including phenoxy) is 1. The van der Waals surface area contributed by atoms with Crippen molar-refractivity contribution in [2.45, 2.75) is 64.6 Å². The maximum Gasteiger partial charge on any atom is 0.347 e. The summed E-state index contributed by atoms with van der Waals surface area (Å²) in [5, 5.41) is 4.32. The van der Waals surface area contributed by atoms with Gasteiger partial charge in [0.05, 0.1) is 6.54 Å². The van der Waals surface area contributed by atoms with Gasteiger partial charge in [-0.3, -0.25) is 4.57 Å². The summed E-state index contributed by atoms with van der Waals surface area (Å²) in [6.45, 7) is 7.08. The van der Waals surface area contributed by atoms with Crippen molar-refractivity contribution >= 4 is 5.97 Å². The molecule has 3 rings (SSSR count). The van der Waals surface area contributed by atoms with Gasteiger partial charge in [0.15, 0.2) is 0 Å². The normalized spacial score (nSPS) is 19.6. The quantitative estimate of drug-likeness (QED) is 0.769. The lowest BCUT2D eigenvalue weighted by Gasteiger charge is -2.28. The SMILES string of the molecule is C[C@@H]1CC[C@H](C(=O)OC(C)(C)C)n2c1nn(Cc1ccc(F)cc1F)c2=O. The Bertz CT molecular complexity index is 927. The molecule has 0 saturated heterocycles. The molecule has 0 N–H and O–H groups in total. The Labute approximate surface area is 155 Å². The summed E-state index contributed by atoms with van der Waals surface area (Å²) >= 11 is 0. The highest BCUT2D eigenvalue weighted by atomic mass is 19.1. The molecule has 6 nitrogen and oxygen atoms in total. The van der Waals surface area contributed by atoms with Crippen molar-refractivity contribution < 1.29 is 18.3 Å². The van der Waals surface area contributed by atoms with E-state index in [1.807, 2.05) is 6.92 Å². The van der Waals surface area contributed by atoms with E-state index in [0.717, 1.165) is 16.8 Å². The average molecular weight is 379 g/mol. The zero-order chi connectivity index (χ0) is 19.9. The van der Waals surface area contributed by atoms with Crippen LogP contribution in [0.25, 0.3) is 0 Å². The third-order valence-corrected chi connectivity index (χ3v) is 4.54. The second-order valence-corrected chi connectivity index (χ2v) is 7.93. The number of halogens is 2. The van der Waals surface area contributed by atoms with Gasteiger partial charge in [0.2, 0.25) is 0 Å². The molecule has 1 aliphatic rings. The van der Waals surface area contributed by atoms with E-state index in [9.17, 15) is 18.4 Å². The monoisotopic (exact) mass is 379 g/mol. The number of nitrogens with zero attached hydrogens (tertiary/aromatic N) is 3. The summed E-state index contributed by atoms with van der Waals surface area (Å²) in [4.78, 5) is 25.5. The molecule has 146 valence electrons. The van der Waals surface area contributed by atoms with Crippen LogP contribution in [0.5, 0.6) is 0 Å². The number of benzene rings is 1. The minimum Gasteiger partial charge on any atom is -0.458 e. The Balaban J connectivity index is 1.97. The number of esters is 1. The largest absolute Gasteiger partial charge is 0.458 e. The molecule has 0 amide bonds. The molecule has 0 spiro atoms. The topological polar surface area (TPSA) is 66.1 Å². The first-order chi connectivity index (χ1) is 12.6. The molecule has 0 aliphatic carbocycles. The first-order valence-electron chi connectivity index (χ1n) is 8.93. The molecule has 8 heteroatoms. The summed E-state index contributed by atoms with van der Waals surface area (Å²) in [7, 11) is 0. The second kappa shape index (κ2) is 6.90. The number of rotatable bonds is 3. The highest BCUT2D eigenvalue weighted by molar-refractivity contribution is 5.75. The molecule has 0 saturated carbocycles. The van der Waals surface area contributed by atoms with Crippen molar-refractivity contribution in [1.29, 1.82) is 0 Å². The van der Waals surface area contributed by atoms with E-state index in [4.69, 9.17) is 4.74 Å². The van der Waals surface area contributed by atoms with Crippen LogP contribution in [0.3, 0.4) is 0 Å². The zero-order valence-electron chi connectivity index (χ0n) is 15.8. The Morgan fingerprint density at radius 3 is 2.63 bits per heavy atom. The van der Waals surface area contributed by atoms with Crippen LogP contribution < -0.4 is 5.69 Å². The van der Waals surface area contributed by atoms with Crippen molar-refractivity contribution in [3.63, 3.8) is 0 Å². The highest BCUT2D eigenvalue weighted by Gasteiger charge is 2.36. The Hall–Kier alpha value is -2.51. The van der Waals surface area contributed by atoms with E-state index in [1.54, 1.807) is 20.8 Å². The lowest BCUT2D eigenvalue weighted by molar-refractivity contribution is -0.159. The molecule has 2 atom stereocenters. The van der Waals surface area contributed by atoms with Crippen LogP contribution >= 0.6 is 0 Å². The van der Waals surface area contributed by atoms with Crippen LogP contribution in [0.15, 0.2) is 23.0 Å². The molecule has 0 fully saturated rings. The number of hydrogen-bond donors (Lipinski definition) is 0. The van der Waals surface area contributed by atoms with Crippen molar-refractivity contribution in [1.82, 2.24) is 14.3 Å². The van der Waals surface area contributed by atoms with Gasteiger partial charge in [0.25, 0.3) is 0 Å². The van der Waals surface area contributed by atoms with Gasteiger partial charge >= 0.3 is 11.7 Å². The smallest absolute Gasteiger partial charge is 0.347 e. The first-order valence-corrected chi connectivity index (χ1v) is 8.93. The van der Waals surface area contributed by atoms with Crippen molar-refractivity contribution in [2.24, 2.45) is 0 Å². The van der Waals surface area contributed by atoms with Crippen molar-refractivity contribution in [3.8, 4) is 0 Å². The van der Waals surface area contributed by atoms with E-state index in [0.29, 0.717) is 18.7 Å². The van der Waals surface area contributed by atoms with Crippen LogP contribution in [0.2, 0.25) is 0 Å². The second-order valence-electron chi connectivity index (χ2n) is 7.93. The molecule has 1 aliphatic heterocycles. The van der Waals surface area contributed by atoms with Gasteiger partial charge < -0.3 is 4.74 Å². The highest BCUT2D eigenvalue weighted by Crippen LogP contribution is 2.32. The lowest BCUT2D eigenvalue weighted by Crippen LogP contribution is -2.38. The van der Waals surface area contributed by atoms with Crippen molar-refractivity contribution in [2.75, 3.05) is 0 Å². The maximum absolute atomic E-state index is 14.0. The molecule has 1 aromatic heterocycles. The van der Waals surface area contributed by atoms with Gasteiger partial charge in [-0.25, -0.2) is 23.1 Å². The number of fused-ring (bicyclic) bond motifs is 1. The summed E-state index contributed by atoms with van der Waals surface area (Å²) in [5.74, 6) is -1.46. The summed E-state index contributed by atoms with van der Waals surface area (Å²) in [6.07, 6.45) is 1.16. The predicted molar refractivity (Wildman–Crippen MR) is 94.5 cm³/mol. The molecule has 0 unspecified atom stereocenters.